The molecule has 1 aromatic rings. The van der Waals surface area contributed by atoms with E-state index in [4.69, 9.17) is 4.74 Å². The van der Waals surface area contributed by atoms with E-state index in [1.165, 1.54) is 0 Å². The van der Waals surface area contributed by atoms with E-state index in [9.17, 15) is 8.42 Å². The van der Waals surface area contributed by atoms with Crippen LogP contribution in [0.4, 0.5) is 0 Å². The summed E-state index contributed by atoms with van der Waals surface area (Å²) in [6.45, 7) is 6.48. The molecule has 0 amide bonds. The number of benzene rings is 1. The summed E-state index contributed by atoms with van der Waals surface area (Å²) in [6.07, 6.45) is 1.14. The molecule has 0 aromatic heterocycles. The molecule has 0 saturated heterocycles. The number of hydrogen-bond acceptors (Lipinski definition) is 4. The minimum absolute atomic E-state index is 0.304. The van der Waals surface area contributed by atoms with Crippen LogP contribution in [0.15, 0.2) is 29.3 Å². The van der Waals surface area contributed by atoms with E-state index in [0.29, 0.717) is 32.2 Å². The highest BCUT2D eigenvalue weighted by atomic mass is 32.2. The summed E-state index contributed by atoms with van der Waals surface area (Å²) in [5.74, 6) is 1.46. The molecule has 0 aliphatic heterocycles. The topological polar surface area (TPSA) is 91.8 Å². The first kappa shape index (κ1) is 19.2. The number of aliphatic imine (C=N–C) groups is 1. The lowest BCUT2D eigenvalue weighted by atomic mass is 10.2. The van der Waals surface area contributed by atoms with Crippen LogP contribution in [-0.4, -0.2) is 46.9 Å². The second kappa shape index (κ2) is 10.1. The number of guanidine groups is 1. The molecule has 0 atom stereocenters. The second-order valence-electron chi connectivity index (χ2n) is 4.83. The van der Waals surface area contributed by atoms with Crippen molar-refractivity contribution in [1.82, 2.24) is 15.4 Å². The van der Waals surface area contributed by atoms with Crippen LogP contribution in [0.1, 0.15) is 19.4 Å². The number of nitrogens with zero attached hydrogens (tertiary/aromatic N) is 1. The fourth-order valence-electron chi connectivity index (χ4n) is 1.85. The van der Waals surface area contributed by atoms with Crippen molar-refractivity contribution >= 4 is 16.0 Å². The predicted octanol–water partition coefficient (Wildman–Crippen LogP) is 0.690. The summed E-state index contributed by atoms with van der Waals surface area (Å²) in [6, 6.07) is 7.77. The van der Waals surface area contributed by atoms with Gasteiger partial charge in [0.25, 0.3) is 0 Å². The smallest absolute Gasteiger partial charge is 0.208 e. The van der Waals surface area contributed by atoms with Crippen molar-refractivity contribution in [2.24, 2.45) is 4.99 Å². The summed E-state index contributed by atoms with van der Waals surface area (Å²) < 4.78 is 30.0. The molecule has 0 saturated carbocycles. The Labute approximate surface area is 138 Å². The van der Waals surface area contributed by atoms with Gasteiger partial charge in [-0.3, -0.25) is 0 Å². The summed E-state index contributed by atoms with van der Waals surface area (Å²) >= 11 is 0. The zero-order chi connectivity index (χ0) is 17.1. The maximum Gasteiger partial charge on any atom is 0.208 e. The van der Waals surface area contributed by atoms with Gasteiger partial charge in [-0.1, -0.05) is 18.2 Å². The molecule has 0 aliphatic rings. The van der Waals surface area contributed by atoms with Crippen molar-refractivity contribution in [2.75, 3.05) is 32.5 Å². The SMILES string of the molecule is CCNC(=NCc1ccccc1OCC)NCCNS(C)(=O)=O. The van der Waals surface area contributed by atoms with E-state index in [0.717, 1.165) is 24.1 Å². The number of hydrogen-bond donors (Lipinski definition) is 3. The maximum absolute atomic E-state index is 11.0. The molecule has 0 bridgehead atoms. The van der Waals surface area contributed by atoms with Gasteiger partial charge in [0.2, 0.25) is 10.0 Å². The average molecular weight is 342 g/mol. The fraction of sp³-hybridized carbons (Fsp3) is 0.533. The predicted molar refractivity (Wildman–Crippen MR) is 93.3 cm³/mol. The minimum Gasteiger partial charge on any atom is -0.494 e. The Morgan fingerprint density at radius 2 is 1.91 bits per heavy atom. The van der Waals surface area contributed by atoms with Crippen LogP contribution in [0.5, 0.6) is 5.75 Å². The first-order valence-electron chi connectivity index (χ1n) is 7.63. The molecule has 23 heavy (non-hydrogen) atoms. The van der Waals surface area contributed by atoms with Crippen LogP contribution in [0.3, 0.4) is 0 Å². The Bertz CT molecular complexity index is 602. The lowest BCUT2D eigenvalue weighted by Gasteiger charge is -2.12. The summed E-state index contributed by atoms with van der Waals surface area (Å²) in [5.41, 5.74) is 1.00. The molecule has 0 unspecified atom stereocenters. The largest absolute Gasteiger partial charge is 0.494 e. The second-order valence-corrected chi connectivity index (χ2v) is 6.66. The van der Waals surface area contributed by atoms with Crippen LogP contribution < -0.4 is 20.1 Å². The number of sulfonamides is 1. The molecule has 3 N–H and O–H groups in total. The molecule has 130 valence electrons. The van der Waals surface area contributed by atoms with Crippen molar-refractivity contribution in [3.8, 4) is 5.75 Å². The van der Waals surface area contributed by atoms with Gasteiger partial charge in [0.15, 0.2) is 5.96 Å². The molecule has 0 aliphatic carbocycles. The highest BCUT2D eigenvalue weighted by Crippen LogP contribution is 2.18. The quantitative estimate of drug-likeness (QED) is 0.349. The van der Waals surface area contributed by atoms with Crippen molar-refractivity contribution in [3.63, 3.8) is 0 Å². The van der Waals surface area contributed by atoms with E-state index >= 15 is 0 Å². The number of rotatable bonds is 9. The normalized spacial score (nSPS) is 12.0. The number of ether oxygens (including phenoxy) is 1. The van der Waals surface area contributed by atoms with Gasteiger partial charge in [-0.15, -0.1) is 0 Å². The van der Waals surface area contributed by atoms with Crippen LogP contribution in [0.2, 0.25) is 0 Å². The summed E-state index contributed by atoms with van der Waals surface area (Å²) in [5, 5.41) is 6.21. The van der Waals surface area contributed by atoms with Crippen molar-refractivity contribution < 1.29 is 13.2 Å². The Kier molecular flexibility index (Phi) is 8.42. The van der Waals surface area contributed by atoms with Gasteiger partial charge in [-0.05, 0) is 19.9 Å². The molecule has 0 radical (unpaired) electrons. The van der Waals surface area contributed by atoms with Gasteiger partial charge in [0, 0.05) is 25.2 Å². The Morgan fingerprint density at radius 1 is 1.17 bits per heavy atom. The van der Waals surface area contributed by atoms with Crippen LogP contribution in [0.25, 0.3) is 0 Å². The maximum atomic E-state index is 11.0. The lowest BCUT2D eigenvalue weighted by molar-refractivity contribution is 0.336. The first-order valence-corrected chi connectivity index (χ1v) is 9.53. The highest BCUT2D eigenvalue weighted by Gasteiger charge is 2.03. The third-order valence-corrected chi connectivity index (χ3v) is 3.53. The molecule has 0 heterocycles. The standard InChI is InChI=1S/C15H26N4O3S/c1-4-16-15(17-10-11-19-23(3,20)21)18-12-13-8-6-7-9-14(13)22-5-2/h6-9,19H,4-5,10-12H2,1-3H3,(H2,16,17,18). The van der Waals surface area contributed by atoms with Gasteiger partial charge in [-0.25, -0.2) is 18.1 Å². The van der Waals surface area contributed by atoms with E-state index < -0.39 is 10.0 Å². The molecule has 0 fully saturated rings. The molecule has 7 nitrogen and oxygen atoms in total. The molecule has 8 heteroatoms. The third kappa shape index (κ3) is 8.41. The van der Waals surface area contributed by atoms with Crippen LogP contribution in [0, 0.1) is 0 Å². The molecule has 0 spiro atoms. The summed E-state index contributed by atoms with van der Waals surface area (Å²) in [4.78, 5) is 4.50. The Hall–Kier alpha value is -1.80. The van der Waals surface area contributed by atoms with Crippen molar-refractivity contribution in [2.45, 2.75) is 20.4 Å². The molecular weight excluding hydrogens is 316 g/mol. The van der Waals surface area contributed by atoms with Gasteiger partial charge in [-0.2, -0.15) is 0 Å². The van der Waals surface area contributed by atoms with Gasteiger partial charge >= 0.3 is 0 Å². The minimum atomic E-state index is -3.17. The lowest BCUT2D eigenvalue weighted by Crippen LogP contribution is -2.41. The third-order valence-electron chi connectivity index (χ3n) is 2.81. The zero-order valence-electron chi connectivity index (χ0n) is 13.9. The fourth-order valence-corrected chi connectivity index (χ4v) is 2.33. The monoisotopic (exact) mass is 342 g/mol. The highest BCUT2D eigenvalue weighted by molar-refractivity contribution is 7.88. The Morgan fingerprint density at radius 3 is 2.57 bits per heavy atom. The Balaban J connectivity index is 2.61. The molecular formula is C15H26N4O3S. The number of para-hydroxylation sites is 1. The summed E-state index contributed by atoms with van der Waals surface area (Å²) in [7, 11) is -3.17. The van der Waals surface area contributed by atoms with E-state index in [1.807, 2.05) is 38.1 Å². The number of nitrogens with one attached hydrogen (secondary N) is 3. The molecule has 1 rings (SSSR count). The zero-order valence-corrected chi connectivity index (χ0v) is 14.7. The first-order chi connectivity index (χ1) is 11.0. The van der Waals surface area contributed by atoms with Crippen molar-refractivity contribution in [1.29, 1.82) is 0 Å². The average Bonchev–Trinajstić information content (AvgIpc) is 2.49. The van der Waals surface area contributed by atoms with Crippen LogP contribution in [-0.2, 0) is 16.6 Å². The van der Waals surface area contributed by atoms with Gasteiger partial charge in [0.05, 0.1) is 19.4 Å². The van der Waals surface area contributed by atoms with Gasteiger partial charge < -0.3 is 15.4 Å². The molecule has 1 aromatic carbocycles. The van der Waals surface area contributed by atoms with Crippen molar-refractivity contribution in [3.05, 3.63) is 29.8 Å². The van der Waals surface area contributed by atoms with E-state index in [-0.39, 0.29) is 0 Å². The van der Waals surface area contributed by atoms with Crippen LogP contribution >= 0.6 is 0 Å². The van der Waals surface area contributed by atoms with E-state index in [1.54, 1.807) is 0 Å². The van der Waals surface area contributed by atoms with Gasteiger partial charge in [0.1, 0.15) is 5.75 Å². The van der Waals surface area contributed by atoms with E-state index in [2.05, 4.69) is 20.3 Å².